The van der Waals surface area contributed by atoms with Gasteiger partial charge in [-0.3, -0.25) is 4.79 Å². The zero-order chi connectivity index (χ0) is 21.4. The summed E-state index contributed by atoms with van der Waals surface area (Å²) in [6, 6.07) is 1.57. The molecule has 8 nitrogen and oxygen atoms in total. The maximum Gasteiger partial charge on any atom is 0.260 e. The van der Waals surface area contributed by atoms with Crippen LogP contribution in [0.2, 0.25) is 0 Å². The molecule has 160 valence electrons. The smallest absolute Gasteiger partial charge is 0.260 e. The van der Waals surface area contributed by atoms with E-state index in [0.29, 0.717) is 52.1 Å². The molecule has 0 atom stereocenters. The number of nitrogens with one attached hydrogen (secondary N) is 1. The largest absolute Gasteiger partial charge is 0.479 e. The number of amides is 1. The molecule has 0 radical (unpaired) electrons. The Morgan fingerprint density at radius 3 is 2.55 bits per heavy atom. The average molecular weight is 554 g/mol. The Labute approximate surface area is 186 Å². The monoisotopic (exact) mass is 552 g/mol. The Kier molecular flexibility index (Phi) is 6.52. The minimum absolute atomic E-state index is 0.167. The number of carbonyl (C=O) groups excluding carboxylic acids is 1. The van der Waals surface area contributed by atoms with Crippen molar-refractivity contribution >= 4 is 47.8 Å². The molecular weight excluding hydrogens is 532 g/mol. The summed E-state index contributed by atoms with van der Waals surface area (Å²) in [6.07, 6.45) is 1.06. The quantitative estimate of drug-likeness (QED) is 0.581. The molecule has 1 fully saturated rings. The van der Waals surface area contributed by atoms with Gasteiger partial charge in [0.15, 0.2) is 18.1 Å². The lowest BCUT2D eigenvalue weighted by Crippen LogP contribution is -2.47. The second-order valence-corrected chi connectivity index (χ2v) is 10.6. The van der Waals surface area contributed by atoms with E-state index in [1.807, 2.05) is 0 Å². The summed E-state index contributed by atoms with van der Waals surface area (Å²) in [4.78, 5) is 14.2. The van der Waals surface area contributed by atoms with Crippen molar-refractivity contribution in [2.75, 3.05) is 19.7 Å². The summed E-state index contributed by atoms with van der Waals surface area (Å²) in [6.45, 7) is 7.57. The zero-order valence-electron chi connectivity index (χ0n) is 16.0. The fraction of sp³-hybridized carbons (Fsp3) is 0.500. The highest BCUT2D eigenvalue weighted by Crippen LogP contribution is 2.53. The van der Waals surface area contributed by atoms with Crippen LogP contribution in [0.1, 0.15) is 26.7 Å². The van der Waals surface area contributed by atoms with Crippen LogP contribution in [0.5, 0.6) is 17.2 Å². The second-order valence-electron chi connectivity index (χ2n) is 7.20. The molecule has 0 spiro atoms. The number of rotatable bonds is 6. The number of hydrogen-bond acceptors (Lipinski definition) is 6. The first-order chi connectivity index (χ1) is 13.5. The molecule has 0 aromatic heterocycles. The van der Waals surface area contributed by atoms with Crippen molar-refractivity contribution in [3.05, 3.63) is 27.0 Å². The molecule has 1 aromatic carbocycles. The number of ether oxygens (including phenoxy) is 3. The van der Waals surface area contributed by atoms with E-state index >= 15 is 0 Å². The molecule has 11 heteroatoms. The van der Waals surface area contributed by atoms with Crippen LogP contribution in [-0.2, 0) is 14.8 Å². The normalized spacial score (nSPS) is 18.6. The van der Waals surface area contributed by atoms with Crippen molar-refractivity contribution in [1.82, 2.24) is 9.62 Å². The van der Waals surface area contributed by atoms with Crippen molar-refractivity contribution in [3.8, 4) is 17.2 Å². The van der Waals surface area contributed by atoms with Gasteiger partial charge in [-0.15, -0.1) is 0 Å². The van der Waals surface area contributed by atoms with Gasteiger partial charge in [-0.25, -0.2) is 13.1 Å². The lowest BCUT2D eigenvalue weighted by Gasteiger charge is -2.32. The van der Waals surface area contributed by atoms with E-state index in [-0.39, 0.29) is 18.6 Å². The van der Waals surface area contributed by atoms with Gasteiger partial charge in [0, 0.05) is 38.4 Å². The molecule has 1 N–H and O–H groups in total. The molecule has 2 aliphatic rings. The Morgan fingerprint density at radius 1 is 1.31 bits per heavy atom. The van der Waals surface area contributed by atoms with Gasteiger partial charge in [-0.2, -0.15) is 0 Å². The third-order valence-corrected chi connectivity index (χ3v) is 6.81. The van der Waals surface area contributed by atoms with Crippen LogP contribution < -0.4 is 18.9 Å². The first-order valence-corrected chi connectivity index (χ1v) is 12.1. The molecule has 0 unspecified atom stereocenters. The van der Waals surface area contributed by atoms with E-state index in [4.69, 9.17) is 14.2 Å². The van der Waals surface area contributed by atoms with Crippen LogP contribution in [-0.4, -0.2) is 50.8 Å². The van der Waals surface area contributed by atoms with Gasteiger partial charge < -0.3 is 19.1 Å². The Bertz CT molecular complexity index is 927. The molecule has 2 aliphatic heterocycles. The summed E-state index contributed by atoms with van der Waals surface area (Å²) in [5.41, 5.74) is 0. The van der Waals surface area contributed by atoms with Crippen LogP contribution in [0, 0.1) is 0 Å². The van der Waals surface area contributed by atoms with E-state index in [9.17, 15) is 13.2 Å². The van der Waals surface area contributed by atoms with Crippen LogP contribution >= 0.6 is 31.9 Å². The molecule has 29 heavy (non-hydrogen) atoms. The van der Waals surface area contributed by atoms with E-state index in [2.05, 4.69) is 43.2 Å². The van der Waals surface area contributed by atoms with E-state index < -0.39 is 15.8 Å². The second kappa shape index (κ2) is 8.44. The van der Waals surface area contributed by atoms with Crippen LogP contribution in [0.3, 0.4) is 0 Å². The van der Waals surface area contributed by atoms with Crippen LogP contribution in [0.25, 0.3) is 0 Å². The number of carbonyl (C=O) groups is 1. The number of benzene rings is 1. The Hall–Kier alpha value is -1.30. The topological polar surface area (TPSA) is 94.2 Å². The van der Waals surface area contributed by atoms with Crippen molar-refractivity contribution in [1.29, 1.82) is 0 Å². The number of likely N-dealkylation sites (tertiary alicyclic amines) is 1. The Morgan fingerprint density at radius 2 is 1.93 bits per heavy atom. The SMILES string of the molecule is C=CS(=O)(=O)NC1CCN(C(=O)COc2c(Br)cc(Br)c3c2OC(C)(C)O3)CC1. The van der Waals surface area contributed by atoms with Gasteiger partial charge in [-0.05, 0) is 50.8 Å². The van der Waals surface area contributed by atoms with Crippen molar-refractivity contribution in [3.63, 3.8) is 0 Å². The number of sulfonamides is 1. The van der Waals surface area contributed by atoms with Gasteiger partial charge in [0.1, 0.15) is 0 Å². The first-order valence-electron chi connectivity index (χ1n) is 8.96. The fourth-order valence-electron chi connectivity index (χ4n) is 3.15. The number of piperidine rings is 1. The predicted octanol–water partition coefficient (Wildman–Crippen LogP) is 3.15. The lowest BCUT2D eigenvalue weighted by atomic mass is 10.1. The minimum Gasteiger partial charge on any atom is -0.479 e. The molecule has 3 rings (SSSR count). The molecule has 1 amide bonds. The number of nitrogens with zero attached hydrogens (tertiary/aromatic N) is 1. The van der Waals surface area contributed by atoms with E-state index in [1.165, 1.54) is 0 Å². The number of fused-ring (bicyclic) bond motifs is 1. The van der Waals surface area contributed by atoms with Gasteiger partial charge >= 0.3 is 0 Å². The maximum absolute atomic E-state index is 12.6. The minimum atomic E-state index is -3.48. The number of hydrogen-bond donors (Lipinski definition) is 1. The van der Waals surface area contributed by atoms with E-state index in [1.54, 1.807) is 24.8 Å². The third kappa shape index (κ3) is 5.25. The van der Waals surface area contributed by atoms with Crippen molar-refractivity contribution in [2.45, 2.75) is 38.5 Å². The third-order valence-electron chi connectivity index (χ3n) is 4.53. The lowest BCUT2D eigenvalue weighted by molar-refractivity contribution is -0.134. The molecule has 2 heterocycles. The highest BCUT2D eigenvalue weighted by atomic mass is 79.9. The molecule has 0 aliphatic carbocycles. The Balaban J connectivity index is 1.60. The highest BCUT2D eigenvalue weighted by Gasteiger charge is 2.37. The number of halogens is 2. The van der Waals surface area contributed by atoms with Gasteiger partial charge in [0.2, 0.25) is 21.6 Å². The van der Waals surface area contributed by atoms with Crippen molar-refractivity contribution < 1.29 is 27.4 Å². The molecule has 0 bridgehead atoms. The first kappa shape index (κ1) is 22.4. The highest BCUT2D eigenvalue weighted by molar-refractivity contribution is 9.11. The summed E-state index contributed by atoms with van der Waals surface area (Å²) in [7, 11) is -3.48. The van der Waals surface area contributed by atoms with E-state index in [0.717, 1.165) is 5.41 Å². The van der Waals surface area contributed by atoms with Crippen LogP contribution in [0.4, 0.5) is 0 Å². The van der Waals surface area contributed by atoms with Gasteiger partial charge in [0.05, 0.1) is 8.95 Å². The molecule has 0 saturated carbocycles. The zero-order valence-corrected chi connectivity index (χ0v) is 20.0. The molecule has 1 saturated heterocycles. The van der Waals surface area contributed by atoms with Crippen LogP contribution in [0.15, 0.2) is 27.0 Å². The molecular formula is C18H22Br2N2O6S. The fourth-order valence-corrected chi connectivity index (χ4v) is 5.27. The summed E-state index contributed by atoms with van der Waals surface area (Å²) >= 11 is 6.88. The summed E-state index contributed by atoms with van der Waals surface area (Å²) < 4.78 is 44.4. The standard InChI is InChI=1S/C18H22Br2N2O6S/c1-4-29(24,25)21-11-5-7-22(8-6-11)14(23)10-26-15-12(19)9-13(20)16-17(15)28-18(2,3)27-16/h4,9,11,21H,1,5-8,10H2,2-3H3. The average Bonchev–Trinajstić information content (AvgIpc) is 2.97. The summed E-state index contributed by atoms with van der Waals surface area (Å²) in [5, 5.41) is 0.889. The van der Waals surface area contributed by atoms with Crippen molar-refractivity contribution in [2.24, 2.45) is 0 Å². The summed E-state index contributed by atoms with van der Waals surface area (Å²) in [5.74, 6) is 0.333. The van der Waals surface area contributed by atoms with Gasteiger partial charge in [0.25, 0.3) is 5.91 Å². The predicted molar refractivity (Wildman–Crippen MR) is 115 cm³/mol. The maximum atomic E-state index is 12.6. The van der Waals surface area contributed by atoms with Gasteiger partial charge in [-0.1, -0.05) is 6.58 Å². The molecule has 1 aromatic rings.